The Balaban J connectivity index is 2.23. The second-order valence-electron chi connectivity index (χ2n) is 4.90. The van der Waals surface area contributed by atoms with Gasteiger partial charge in [0.2, 0.25) is 0 Å². The molecule has 0 aliphatic carbocycles. The van der Waals surface area contributed by atoms with Crippen molar-refractivity contribution in [1.29, 1.82) is 0 Å². The normalized spacial score (nSPS) is 10.6. The Bertz CT molecular complexity index is 491. The average molecular weight is 240 g/mol. The smallest absolute Gasteiger partial charge is 0.0434 e. The lowest BCUT2D eigenvalue weighted by atomic mass is 9.99. The van der Waals surface area contributed by atoms with Crippen molar-refractivity contribution in [3.63, 3.8) is 0 Å². The van der Waals surface area contributed by atoms with Crippen molar-refractivity contribution in [1.82, 2.24) is 0 Å². The summed E-state index contributed by atoms with van der Waals surface area (Å²) < 4.78 is 0. The van der Waals surface area contributed by atoms with E-state index in [4.69, 9.17) is 5.11 Å². The molecule has 0 radical (unpaired) electrons. The minimum atomic E-state index is 0.263. The first-order valence-electron chi connectivity index (χ1n) is 6.47. The van der Waals surface area contributed by atoms with E-state index >= 15 is 0 Å². The van der Waals surface area contributed by atoms with Crippen LogP contribution in [0, 0.1) is 13.8 Å². The molecule has 0 aliphatic heterocycles. The minimum absolute atomic E-state index is 0.263. The topological polar surface area (TPSA) is 20.2 Å². The molecule has 2 rings (SSSR count). The van der Waals surface area contributed by atoms with Crippen molar-refractivity contribution in [2.45, 2.75) is 26.7 Å². The Morgan fingerprint density at radius 2 is 1.44 bits per heavy atom. The highest BCUT2D eigenvalue weighted by Crippen LogP contribution is 2.22. The predicted octanol–water partition coefficient (Wildman–Crippen LogP) is 3.90. The summed E-state index contributed by atoms with van der Waals surface area (Å²) in [6.07, 6.45) is 1.78. The van der Waals surface area contributed by atoms with Crippen LogP contribution in [-0.2, 0) is 6.42 Å². The highest BCUT2D eigenvalue weighted by atomic mass is 16.2. The largest absolute Gasteiger partial charge is 0.396 e. The molecule has 2 aromatic carbocycles. The highest BCUT2D eigenvalue weighted by Gasteiger charge is 2.00. The third kappa shape index (κ3) is 3.21. The van der Waals surface area contributed by atoms with Gasteiger partial charge in [0.05, 0.1) is 0 Å². The van der Waals surface area contributed by atoms with Crippen LogP contribution in [-0.4, -0.2) is 11.7 Å². The van der Waals surface area contributed by atoms with Gasteiger partial charge in [-0.05, 0) is 43.4 Å². The molecule has 0 aliphatic rings. The molecule has 0 heterocycles. The van der Waals surface area contributed by atoms with Crippen molar-refractivity contribution in [2.24, 2.45) is 0 Å². The third-order valence-electron chi connectivity index (χ3n) is 3.13. The van der Waals surface area contributed by atoms with Crippen LogP contribution >= 0.6 is 0 Å². The van der Waals surface area contributed by atoms with Crippen molar-refractivity contribution in [2.75, 3.05) is 6.61 Å². The van der Waals surface area contributed by atoms with Gasteiger partial charge in [0.15, 0.2) is 0 Å². The van der Waals surface area contributed by atoms with Crippen molar-refractivity contribution in [3.8, 4) is 11.1 Å². The molecule has 1 heteroatoms. The number of rotatable bonds is 4. The fourth-order valence-electron chi connectivity index (χ4n) is 2.29. The number of aryl methyl sites for hydroxylation is 3. The zero-order chi connectivity index (χ0) is 13.0. The molecule has 0 spiro atoms. The Kier molecular flexibility index (Phi) is 4.16. The number of aliphatic hydroxyl groups excluding tert-OH is 1. The fraction of sp³-hybridized carbons (Fsp3) is 0.294. The summed E-state index contributed by atoms with van der Waals surface area (Å²) >= 11 is 0. The molecule has 1 nitrogen and oxygen atoms in total. The van der Waals surface area contributed by atoms with Crippen molar-refractivity contribution >= 4 is 0 Å². The summed E-state index contributed by atoms with van der Waals surface area (Å²) in [6, 6.07) is 15.3. The van der Waals surface area contributed by atoms with Gasteiger partial charge in [-0.25, -0.2) is 0 Å². The van der Waals surface area contributed by atoms with Gasteiger partial charge >= 0.3 is 0 Å². The summed E-state index contributed by atoms with van der Waals surface area (Å²) in [7, 11) is 0. The number of hydrogen-bond donors (Lipinski definition) is 1. The third-order valence-corrected chi connectivity index (χ3v) is 3.13. The van der Waals surface area contributed by atoms with Gasteiger partial charge in [0.1, 0.15) is 0 Å². The van der Waals surface area contributed by atoms with Gasteiger partial charge in [-0.15, -0.1) is 0 Å². The van der Waals surface area contributed by atoms with Gasteiger partial charge in [-0.3, -0.25) is 0 Å². The molecular weight excluding hydrogens is 220 g/mol. The van der Waals surface area contributed by atoms with Crippen LogP contribution in [0.4, 0.5) is 0 Å². The lowest BCUT2D eigenvalue weighted by Gasteiger charge is -2.06. The van der Waals surface area contributed by atoms with Crippen molar-refractivity contribution in [3.05, 3.63) is 59.2 Å². The predicted molar refractivity (Wildman–Crippen MR) is 76.8 cm³/mol. The molecule has 0 saturated carbocycles. The molecule has 0 unspecified atom stereocenters. The summed E-state index contributed by atoms with van der Waals surface area (Å²) in [5.74, 6) is 0. The summed E-state index contributed by atoms with van der Waals surface area (Å²) in [5, 5.41) is 8.82. The summed E-state index contributed by atoms with van der Waals surface area (Å²) in [5.41, 5.74) is 6.43. The van der Waals surface area contributed by atoms with E-state index in [1.54, 1.807) is 0 Å². The van der Waals surface area contributed by atoms with Gasteiger partial charge in [-0.1, -0.05) is 53.6 Å². The molecule has 0 atom stereocenters. The first-order valence-corrected chi connectivity index (χ1v) is 6.47. The standard InChI is InChI=1S/C17H20O/c1-13-10-14(2)12-17(11-13)16-7-5-15(6-8-16)4-3-9-18/h5-8,10-12,18H,3-4,9H2,1-2H3. The van der Waals surface area contributed by atoms with Gasteiger partial charge < -0.3 is 5.11 Å². The quantitative estimate of drug-likeness (QED) is 0.859. The van der Waals surface area contributed by atoms with Gasteiger partial charge in [0.25, 0.3) is 0 Å². The molecule has 0 saturated heterocycles. The van der Waals surface area contributed by atoms with Crippen LogP contribution in [0.25, 0.3) is 11.1 Å². The number of hydrogen-bond acceptors (Lipinski definition) is 1. The van der Waals surface area contributed by atoms with Crippen LogP contribution in [0.15, 0.2) is 42.5 Å². The van der Waals surface area contributed by atoms with Crippen LogP contribution in [0.3, 0.4) is 0 Å². The minimum Gasteiger partial charge on any atom is -0.396 e. The van der Waals surface area contributed by atoms with Crippen LogP contribution in [0.2, 0.25) is 0 Å². The highest BCUT2D eigenvalue weighted by molar-refractivity contribution is 5.65. The van der Waals surface area contributed by atoms with Crippen LogP contribution in [0.1, 0.15) is 23.1 Å². The maximum absolute atomic E-state index is 8.82. The fourth-order valence-corrected chi connectivity index (χ4v) is 2.29. The first-order chi connectivity index (χ1) is 8.69. The van der Waals surface area contributed by atoms with Gasteiger partial charge in [-0.2, -0.15) is 0 Å². The zero-order valence-electron chi connectivity index (χ0n) is 11.1. The Morgan fingerprint density at radius 1 is 0.833 bits per heavy atom. The summed E-state index contributed by atoms with van der Waals surface area (Å²) in [4.78, 5) is 0. The second-order valence-corrected chi connectivity index (χ2v) is 4.90. The molecule has 1 N–H and O–H groups in total. The molecule has 94 valence electrons. The lowest BCUT2D eigenvalue weighted by Crippen LogP contribution is -1.89. The Labute approximate surface area is 109 Å². The van der Waals surface area contributed by atoms with E-state index in [1.807, 2.05) is 0 Å². The van der Waals surface area contributed by atoms with E-state index in [-0.39, 0.29) is 6.61 Å². The Morgan fingerprint density at radius 3 is 2.00 bits per heavy atom. The van der Waals surface area contributed by atoms with E-state index in [2.05, 4.69) is 56.3 Å². The maximum atomic E-state index is 8.82. The van der Waals surface area contributed by atoms with Crippen LogP contribution in [0.5, 0.6) is 0 Å². The molecule has 2 aromatic rings. The van der Waals surface area contributed by atoms with E-state index in [9.17, 15) is 0 Å². The lowest BCUT2D eigenvalue weighted by molar-refractivity contribution is 0.288. The van der Waals surface area contributed by atoms with Gasteiger partial charge in [0, 0.05) is 6.61 Å². The first kappa shape index (κ1) is 12.8. The monoisotopic (exact) mass is 240 g/mol. The zero-order valence-corrected chi connectivity index (χ0v) is 11.1. The molecular formula is C17H20O. The molecule has 18 heavy (non-hydrogen) atoms. The molecule has 0 bridgehead atoms. The maximum Gasteiger partial charge on any atom is 0.0434 e. The number of benzene rings is 2. The second kappa shape index (κ2) is 5.83. The van der Waals surface area contributed by atoms with Crippen molar-refractivity contribution < 1.29 is 5.11 Å². The average Bonchev–Trinajstić information content (AvgIpc) is 2.36. The SMILES string of the molecule is Cc1cc(C)cc(-c2ccc(CCCO)cc2)c1. The number of aliphatic hydroxyl groups is 1. The molecule has 0 fully saturated rings. The Hall–Kier alpha value is -1.60. The van der Waals surface area contributed by atoms with E-state index < -0.39 is 0 Å². The van der Waals surface area contributed by atoms with E-state index in [0.717, 1.165) is 12.8 Å². The van der Waals surface area contributed by atoms with Crippen LogP contribution < -0.4 is 0 Å². The molecule has 0 aromatic heterocycles. The van der Waals surface area contributed by atoms with E-state index in [1.165, 1.54) is 27.8 Å². The van der Waals surface area contributed by atoms with E-state index in [0.29, 0.717) is 0 Å². The summed E-state index contributed by atoms with van der Waals surface area (Å²) in [6.45, 7) is 4.52. The molecule has 0 amide bonds.